The van der Waals surface area contributed by atoms with Crippen molar-refractivity contribution in [3.63, 3.8) is 0 Å². The molecule has 0 unspecified atom stereocenters. The fourth-order valence-corrected chi connectivity index (χ4v) is 2.01. The van der Waals surface area contributed by atoms with Crippen molar-refractivity contribution in [2.75, 3.05) is 18.8 Å². The summed E-state index contributed by atoms with van der Waals surface area (Å²) in [6.45, 7) is 1.53. The van der Waals surface area contributed by atoms with Crippen molar-refractivity contribution < 1.29 is 26.4 Å². The number of carbonyl (C=O) groups is 1. The second kappa shape index (κ2) is 6.90. The lowest BCUT2D eigenvalue weighted by atomic mass is 10.1. The first-order valence-corrected chi connectivity index (χ1v) is 7.74. The predicted octanol–water partition coefficient (Wildman–Crippen LogP) is 1.37. The summed E-state index contributed by atoms with van der Waals surface area (Å²) in [7, 11) is -3.33. The highest BCUT2D eigenvalue weighted by Gasteiger charge is 2.30. The molecule has 118 valence electrons. The van der Waals surface area contributed by atoms with Gasteiger partial charge in [-0.05, 0) is 31.2 Å². The van der Waals surface area contributed by atoms with Crippen molar-refractivity contribution in [1.29, 1.82) is 0 Å². The number of alkyl halides is 3. The molecule has 1 aromatic carbocycles. The average Bonchev–Trinajstić information content (AvgIpc) is 2.42. The molecule has 1 rings (SSSR count). The van der Waals surface area contributed by atoms with Gasteiger partial charge in [-0.1, -0.05) is 0 Å². The van der Waals surface area contributed by atoms with E-state index < -0.39 is 27.7 Å². The molecular weight excluding hydrogens is 309 g/mol. The largest absolute Gasteiger partial charge is 0.416 e. The van der Waals surface area contributed by atoms with Gasteiger partial charge in [0.1, 0.15) is 0 Å². The first-order valence-electron chi connectivity index (χ1n) is 6.08. The number of hydrogen-bond acceptors (Lipinski definition) is 3. The molecule has 0 spiro atoms. The topological polar surface area (TPSA) is 75.3 Å². The Hall–Kier alpha value is -1.61. The number of carbonyl (C=O) groups excluding carboxylic acids is 1. The molecule has 0 aliphatic carbocycles. The molecule has 0 saturated carbocycles. The molecule has 0 radical (unpaired) electrons. The first kappa shape index (κ1) is 17.4. The van der Waals surface area contributed by atoms with E-state index in [1.807, 2.05) is 0 Å². The summed E-state index contributed by atoms with van der Waals surface area (Å²) in [6.07, 6.45) is -4.45. The van der Waals surface area contributed by atoms with Gasteiger partial charge in [0.2, 0.25) is 10.0 Å². The van der Waals surface area contributed by atoms with Crippen molar-refractivity contribution in [2.24, 2.45) is 0 Å². The molecule has 9 heteroatoms. The number of halogens is 3. The third kappa shape index (κ3) is 5.72. The average molecular weight is 324 g/mol. The van der Waals surface area contributed by atoms with Gasteiger partial charge in [0.15, 0.2) is 0 Å². The molecule has 0 aliphatic heterocycles. The number of rotatable bonds is 6. The molecular formula is C12H15F3N2O3S. The van der Waals surface area contributed by atoms with Crippen molar-refractivity contribution in [2.45, 2.75) is 13.1 Å². The number of sulfonamides is 1. The minimum atomic E-state index is -4.45. The molecule has 0 fully saturated rings. The van der Waals surface area contributed by atoms with E-state index in [1.165, 1.54) is 6.92 Å². The summed E-state index contributed by atoms with van der Waals surface area (Å²) < 4.78 is 61.5. The Kier molecular flexibility index (Phi) is 5.73. The van der Waals surface area contributed by atoms with Crippen molar-refractivity contribution in [3.05, 3.63) is 35.4 Å². The second-order valence-electron chi connectivity index (χ2n) is 4.13. The Balaban J connectivity index is 2.50. The van der Waals surface area contributed by atoms with Crippen LogP contribution < -0.4 is 10.0 Å². The van der Waals surface area contributed by atoms with Crippen LogP contribution in [0.15, 0.2) is 24.3 Å². The van der Waals surface area contributed by atoms with E-state index in [-0.39, 0.29) is 24.4 Å². The predicted molar refractivity (Wildman–Crippen MR) is 71.2 cm³/mol. The molecule has 2 N–H and O–H groups in total. The molecule has 5 nitrogen and oxygen atoms in total. The molecule has 0 aliphatic rings. The van der Waals surface area contributed by atoms with Gasteiger partial charge in [-0.3, -0.25) is 4.79 Å². The fourth-order valence-electron chi connectivity index (χ4n) is 1.40. The van der Waals surface area contributed by atoms with Gasteiger partial charge < -0.3 is 5.32 Å². The SMILES string of the molecule is CCS(=O)(=O)NCCNC(=O)c1ccc(C(F)(F)F)cc1. The third-order valence-electron chi connectivity index (χ3n) is 2.59. The zero-order valence-electron chi connectivity index (χ0n) is 11.2. The van der Waals surface area contributed by atoms with Crippen LogP contribution in [0.1, 0.15) is 22.8 Å². The fraction of sp³-hybridized carbons (Fsp3) is 0.417. The van der Waals surface area contributed by atoms with Gasteiger partial charge in [0, 0.05) is 18.7 Å². The van der Waals surface area contributed by atoms with E-state index in [1.54, 1.807) is 0 Å². The lowest BCUT2D eigenvalue weighted by Gasteiger charge is -2.09. The maximum Gasteiger partial charge on any atom is 0.416 e. The zero-order valence-corrected chi connectivity index (χ0v) is 12.0. The van der Waals surface area contributed by atoms with Crippen LogP contribution in [0.2, 0.25) is 0 Å². The number of benzene rings is 1. The summed E-state index contributed by atoms with van der Waals surface area (Å²) in [5.74, 6) is -0.640. The van der Waals surface area contributed by atoms with E-state index in [4.69, 9.17) is 0 Å². The Morgan fingerprint density at radius 3 is 2.19 bits per heavy atom. The quantitative estimate of drug-likeness (QED) is 0.776. The van der Waals surface area contributed by atoms with E-state index in [0.717, 1.165) is 24.3 Å². The van der Waals surface area contributed by atoms with Gasteiger partial charge in [-0.15, -0.1) is 0 Å². The van der Waals surface area contributed by atoms with Crippen molar-refractivity contribution >= 4 is 15.9 Å². The van der Waals surface area contributed by atoms with Crippen LogP contribution in [0.25, 0.3) is 0 Å². The van der Waals surface area contributed by atoms with Gasteiger partial charge in [0.05, 0.1) is 11.3 Å². The summed E-state index contributed by atoms with van der Waals surface area (Å²) in [4.78, 5) is 11.6. The Labute approximate surface area is 120 Å². The van der Waals surface area contributed by atoms with Gasteiger partial charge in [-0.25, -0.2) is 13.1 Å². The molecule has 0 saturated heterocycles. The van der Waals surface area contributed by atoms with Crippen LogP contribution in [0, 0.1) is 0 Å². The summed E-state index contributed by atoms with van der Waals surface area (Å²) >= 11 is 0. The monoisotopic (exact) mass is 324 g/mol. The second-order valence-corrected chi connectivity index (χ2v) is 6.22. The molecule has 0 aromatic heterocycles. The van der Waals surface area contributed by atoms with Crippen molar-refractivity contribution in [1.82, 2.24) is 10.0 Å². The highest BCUT2D eigenvalue weighted by molar-refractivity contribution is 7.89. The summed E-state index contributed by atoms with van der Waals surface area (Å²) in [6, 6.07) is 3.76. The maximum absolute atomic E-state index is 12.3. The highest BCUT2D eigenvalue weighted by atomic mass is 32.2. The van der Waals surface area contributed by atoms with E-state index >= 15 is 0 Å². The van der Waals surface area contributed by atoms with Crippen molar-refractivity contribution in [3.8, 4) is 0 Å². The smallest absolute Gasteiger partial charge is 0.351 e. The Morgan fingerprint density at radius 2 is 1.71 bits per heavy atom. The van der Waals surface area contributed by atoms with Crippen LogP contribution in [-0.4, -0.2) is 33.2 Å². The van der Waals surface area contributed by atoms with Gasteiger partial charge in [-0.2, -0.15) is 13.2 Å². The van der Waals surface area contributed by atoms with Crippen LogP contribution in [0.3, 0.4) is 0 Å². The minimum Gasteiger partial charge on any atom is -0.351 e. The van der Waals surface area contributed by atoms with E-state index in [2.05, 4.69) is 10.0 Å². The van der Waals surface area contributed by atoms with Gasteiger partial charge in [0.25, 0.3) is 5.91 Å². The molecule has 0 atom stereocenters. The number of amides is 1. The van der Waals surface area contributed by atoms with Crippen LogP contribution >= 0.6 is 0 Å². The lowest BCUT2D eigenvalue weighted by molar-refractivity contribution is -0.137. The maximum atomic E-state index is 12.3. The van der Waals surface area contributed by atoms with E-state index in [0.29, 0.717) is 0 Å². The normalized spacial score (nSPS) is 12.2. The zero-order chi connectivity index (χ0) is 16.1. The van der Waals surface area contributed by atoms with Crippen LogP contribution in [-0.2, 0) is 16.2 Å². The Morgan fingerprint density at radius 1 is 1.14 bits per heavy atom. The van der Waals surface area contributed by atoms with Crippen LogP contribution in [0.4, 0.5) is 13.2 Å². The molecule has 1 amide bonds. The molecule has 21 heavy (non-hydrogen) atoms. The van der Waals surface area contributed by atoms with Crippen LogP contribution in [0.5, 0.6) is 0 Å². The highest BCUT2D eigenvalue weighted by Crippen LogP contribution is 2.28. The van der Waals surface area contributed by atoms with Gasteiger partial charge >= 0.3 is 6.18 Å². The molecule has 1 aromatic rings. The third-order valence-corrected chi connectivity index (χ3v) is 3.99. The Bertz CT molecular complexity index is 583. The standard InChI is InChI=1S/C12H15F3N2O3S/c1-2-21(19,20)17-8-7-16-11(18)9-3-5-10(6-4-9)12(13,14)15/h3-6,17H,2,7-8H2,1H3,(H,16,18). The number of nitrogens with one attached hydrogen (secondary N) is 2. The first-order chi connectivity index (χ1) is 9.65. The van der Waals surface area contributed by atoms with E-state index in [9.17, 15) is 26.4 Å². The summed E-state index contributed by atoms with van der Waals surface area (Å²) in [5, 5.41) is 2.41. The molecule has 0 heterocycles. The molecule has 0 bridgehead atoms. The summed E-state index contributed by atoms with van der Waals surface area (Å²) in [5.41, 5.74) is -0.767. The number of hydrogen-bond donors (Lipinski definition) is 2. The lowest BCUT2D eigenvalue weighted by Crippen LogP contribution is -2.35. The minimum absolute atomic E-state index is 0.0164.